The quantitative estimate of drug-likeness (QED) is 0.308. The van der Waals surface area contributed by atoms with E-state index >= 15 is 0 Å². The van der Waals surface area contributed by atoms with Crippen molar-refractivity contribution in [2.45, 2.75) is 19.3 Å². The second-order valence-corrected chi connectivity index (χ2v) is 10.2. The third kappa shape index (κ3) is 4.69. The number of anilines is 1. The molecule has 4 aromatic rings. The number of fused-ring (bicyclic) bond motifs is 1. The van der Waals surface area contributed by atoms with Gasteiger partial charge in [-0.25, -0.2) is 4.99 Å². The molecule has 2 fully saturated rings. The van der Waals surface area contributed by atoms with Crippen LogP contribution in [0, 0.1) is 0 Å². The van der Waals surface area contributed by atoms with E-state index in [2.05, 4.69) is 52.3 Å². The topological polar surface area (TPSA) is 51.7 Å². The van der Waals surface area contributed by atoms with Gasteiger partial charge in [0.25, 0.3) is 5.91 Å². The second-order valence-electron chi connectivity index (χ2n) is 9.19. The molecule has 2 aliphatic heterocycles. The van der Waals surface area contributed by atoms with Gasteiger partial charge in [0.1, 0.15) is 0 Å². The van der Waals surface area contributed by atoms with Gasteiger partial charge in [0.05, 0.1) is 10.6 Å². The summed E-state index contributed by atoms with van der Waals surface area (Å²) in [6.45, 7) is 2.82. The molecule has 0 aliphatic carbocycles. The number of rotatable bonds is 6. The van der Waals surface area contributed by atoms with Crippen LogP contribution in [0.15, 0.2) is 95.0 Å². The molecule has 3 heterocycles. The fourth-order valence-electron chi connectivity index (χ4n) is 4.88. The molecule has 0 saturated carbocycles. The predicted octanol–water partition coefficient (Wildman–Crippen LogP) is 6.61. The van der Waals surface area contributed by atoms with Crippen molar-refractivity contribution in [3.8, 4) is 0 Å². The summed E-state index contributed by atoms with van der Waals surface area (Å²) in [6.07, 6.45) is 7.31. The maximum absolute atomic E-state index is 13.5. The average molecular weight is 493 g/mol. The number of benzene rings is 3. The molecule has 6 heteroatoms. The Balaban J connectivity index is 1.26. The van der Waals surface area contributed by atoms with Gasteiger partial charge in [-0.05, 0) is 78.6 Å². The summed E-state index contributed by atoms with van der Waals surface area (Å²) in [5.74, 6) is 0.0122. The highest BCUT2D eigenvalue weighted by Gasteiger charge is 2.33. The van der Waals surface area contributed by atoms with Crippen molar-refractivity contribution >= 4 is 51.2 Å². The molecule has 2 saturated heterocycles. The number of nitrogens with one attached hydrogen (secondary N) is 1. The van der Waals surface area contributed by atoms with Crippen molar-refractivity contribution in [2.24, 2.45) is 4.99 Å². The summed E-state index contributed by atoms with van der Waals surface area (Å²) in [5.41, 5.74) is 5.46. The van der Waals surface area contributed by atoms with E-state index in [0.717, 1.165) is 41.4 Å². The number of aromatic amines is 1. The lowest BCUT2D eigenvalue weighted by molar-refractivity contribution is -0.122. The normalized spacial score (nSPS) is 18.3. The molecule has 3 aromatic carbocycles. The molecule has 0 radical (unpaired) electrons. The second kappa shape index (κ2) is 10.1. The van der Waals surface area contributed by atoms with Gasteiger partial charge >= 0.3 is 0 Å². The van der Waals surface area contributed by atoms with E-state index in [1.54, 1.807) is 0 Å². The van der Waals surface area contributed by atoms with Crippen LogP contribution in [0.3, 0.4) is 0 Å². The minimum Gasteiger partial charge on any atom is -0.372 e. The number of thioether (sulfide) groups is 1. The van der Waals surface area contributed by atoms with Gasteiger partial charge < -0.3 is 9.88 Å². The van der Waals surface area contributed by atoms with Crippen LogP contribution in [-0.2, 0) is 11.2 Å². The van der Waals surface area contributed by atoms with Crippen LogP contribution < -0.4 is 4.90 Å². The van der Waals surface area contributed by atoms with Crippen molar-refractivity contribution in [1.82, 2.24) is 9.88 Å². The van der Waals surface area contributed by atoms with Gasteiger partial charge in [0.15, 0.2) is 5.17 Å². The maximum Gasteiger partial charge on any atom is 0.266 e. The molecule has 0 unspecified atom stereocenters. The third-order valence-electron chi connectivity index (χ3n) is 6.81. The summed E-state index contributed by atoms with van der Waals surface area (Å²) >= 11 is 1.46. The van der Waals surface area contributed by atoms with E-state index in [1.165, 1.54) is 41.2 Å². The monoisotopic (exact) mass is 492 g/mol. The van der Waals surface area contributed by atoms with E-state index in [0.29, 0.717) is 11.4 Å². The Bertz CT molecular complexity index is 1430. The van der Waals surface area contributed by atoms with Crippen molar-refractivity contribution < 1.29 is 4.79 Å². The van der Waals surface area contributed by atoms with Crippen LogP contribution in [0.25, 0.3) is 17.0 Å². The molecule has 6 rings (SSSR count). The number of carbonyl (C=O) groups excluding carboxylic acids is 1. The number of aliphatic imine (C=N–C) groups is 1. The summed E-state index contributed by atoms with van der Waals surface area (Å²) in [4.78, 5) is 26.7. The Kier molecular flexibility index (Phi) is 6.35. The first-order chi connectivity index (χ1) is 17.7. The molecule has 2 aliphatic rings. The van der Waals surface area contributed by atoms with Crippen molar-refractivity contribution in [3.05, 3.63) is 101 Å². The number of carbonyl (C=O) groups is 1. The fraction of sp³-hybridized carbons (Fsp3) is 0.200. The Hall–Kier alpha value is -3.77. The number of nitrogens with zero attached hydrogens (tertiary/aromatic N) is 3. The standard InChI is InChI=1S/C30H28N4OS/c35-29-28(20-22-12-14-25(15-13-22)33-17-6-7-18-33)36-30(32-24-8-2-1-3-9-24)34(29)19-16-23-21-31-27-11-5-4-10-26(23)27/h1-5,8-15,20-21,31H,6-7,16-19H2/b28-20-,32-30?. The number of amidine groups is 1. The Labute approximate surface area is 215 Å². The minimum absolute atomic E-state index is 0.0122. The largest absolute Gasteiger partial charge is 0.372 e. The number of para-hydroxylation sites is 2. The zero-order chi connectivity index (χ0) is 24.3. The first-order valence-corrected chi connectivity index (χ1v) is 13.3. The molecular formula is C30H28N4OS. The van der Waals surface area contributed by atoms with Crippen molar-refractivity contribution in [1.29, 1.82) is 0 Å². The Morgan fingerprint density at radius 2 is 1.67 bits per heavy atom. The summed E-state index contributed by atoms with van der Waals surface area (Å²) in [6, 6.07) is 26.7. The van der Waals surface area contributed by atoms with E-state index < -0.39 is 0 Å². The highest BCUT2D eigenvalue weighted by Crippen LogP contribution is 2.35. The van der Waals surface area contributed by atoms with Gasteiger partial charge in [-0.3, -0.25) is 9.69 Å². The van der Waals surface area contributed by atoms with Crippen LogP contribution in [0.4, 0.5) is 11.4 Å². The zero-order valence-electron chi connectivity index (χ0n) is 20.1. The lowest BCUT2D eigenvalue weighted by atomic mass is 10.1. The summed E-state index contributed by atoms with van der Waals surface area (Å²) in [5, 5.41) is 1.93. The van der Waals surface area contributed by atoms with Gasteiger partial charge in [-0.2, -0.15) is 0 Å². The zero-order valence-corrected chi connectivity index (χ0v) is 20.9. The lowest BCUT2D eigenvalue weighted by Gasteiger charge is -2.17. The van der Waals surface area contributed by atoms with Crippen LogP contribution in [-0.4, -0.2) is 40.6 Å². The van der Waals surface area contributed by atoms with E-state index in [-0.39, 0.29) is 5.91 Å². The molecule has 1 aromatic heterocycles. The lowest BCUT2D eigenvalue weighted by Crippen LogP contribution is -2.31. The molecule has 0 atom stereocenters. The number of H-pyrrole nitrogens is 1. The molecule has 1 amide bonds. The molecule has 0 spiro atoms. The highest BCUT2D eigenvalue weighted by molar-refractivity contribution is 8.18. The molecule has 5 nitrogen and oxygen atoms in total. The number of amides is 1. The molecule has 36 heavy (non-hydrogen) atoms. The fourth-order valence-corrected chi connectivity index (χ4v) is 5.90. The van der Waals surface area contributed by atoms with Crippen LogP contribution in [0.5, 0.6) is 0 Å². The maximum atomic E-state index is 13.5. The smallest absolute Gasteiger partial charge is 0.266 e. The van der Waals surface area contributed by atoms with Gasteiger partial charge in [-0.1, -0.05) is 48.5 Å². The van der Waals surface area contributed by atoms with E-state index in [9.17, 15) is 4.79 Å². The molecule has 0 bridgehead atoms. The Morgan fingerprint density at radius 1 is 0.917 bits per heavy atom. The molecular weight excluding hydrogens is 464 g/mol. The van der Waals surface area contributed by atoms with E-state index in [4.69, 9.17) is 4.99 Å². The molecule has 1 N–H and O–H groups in total. The van der Waals surface area contributed by atoms with Crippen LogP contribution in [0.1, 0.15) is 24.0 Å². The number of aromatic nitrogens is 1. The summed E-state index contributed by atoms with van der Waals surface area (Å²) in [7, 11) is 0. The molecule has 180 valence electrons. The van der Waals surface area contributed by atoms with Crippen molar-refractivity contribution in [3.63, 3.8) is 0 Å². The minimum atomic E-state index is 0.0122. The van der Waals surface area contributed by atoms with Crippen molar-refractivity contribution in [2.75, 3.05) is 24.5 Å². The number of hydrogen-bond acceptors (Lipinski definition) is 4. The van der Waals surface area contributed by atoms with Gasteiger partial charge in [-0.15, -0.1) is 0 Å². The number of hydrogen-bond donors (Lipinski definition) is 1. The van der Waals surface area contributed by atoms with E-state index in [1.807, 2.05) is 53.6 Å². The average Bonchev–Trinajstić information content (AvgIpc) is 3.65. The van der Waals surface area contributed by atoms with Gasteiger partial charge in [0.2, 0.25) is 0 Å². The van der Waals surface area contributed by atoms with Crippen LogP contribution in [0.2, 0.25) is 0 Å². The predicted molar refractivity (Wildman–Crippen MR) is 151 cm³/mol. The SMILES string of the molecule is O=C1/C(=C/c2ccc(N3CCCC3)cc2)SC(=Nc2ccccc2)N1CCc1c[nH]c2ccccc12. The van der Waals surface area contributed by atoms with Crippen LogP contribution >= 0.6 is 11.8 Å². The summed E-state index contributed by atoms with van der Waals surface area (Å²) < 4.78 is 0. The third-order valence-corrected chi connectivity index (χ3v) is 7.82. The highest BCUT2D eigenvalue weighted by atomic mass is 32.2. The first kappa shape index (κ1) is 22.7. The first-order valence-electron chi connectivity index (χ1n) is 12.5. The van der Waals surface area contributed by atoms with Gasteiger partial charge in [0, 0.05) is 42.4 Å². The Morgan fingerprint density at radius 3 is 2.47 bits per heavy atom.